The summed E-state index contributed by atoms with van der Waals surface area (Å²) in [4.78, 5) is 4.22. The minimum atomic E-state index is 0.509. The maximum atomic E-state index is 5.91. The van der Waals surface area contributed by atoms with Gasteiger partial charge < -0.3 is 4.42 Å². The molecule has 68 valence electrons. The van der Waals surface area contributed by atoms with Crippen LogP contribution in [0.5, 0.6) is 0 Å². The Balaban J connectivity index is 2.75. The third-order valence-electron chi connectivity index (χ3n) is 1.76. The van der Waals surface area contributed by atoms with Gasteiger partial charge in [0.05, 0.1) is 5.02 Å². The molecule has 0 aliphatic rings. The van der Waals surface area contributed by atoms with E-state index < -0.39 is 0 Å². The maximum Gasteiger partial charge on any atom is 0.195 e. The summed E-state index contributed by atoms with van der Waals surface area (Å²) in [5.41, 5.74) is 1.33. The number of halogens is 2. The number of aromatic nitrogens is 1. The van der Waals surface area contributed by atoms with Gasteiger partial charge in [0, 0.05) is 11.4 Å². The predicted octanol–water partition coefficient (Wildman–Crippen LogP) is 3.70. The first-order chi connectivity index (χ1) is 6.20. The molecule has 0 fully saturated rings. The number of aryl methyl sites for hydroxylation is 1. The number of nitrogens with zero attached hydrogens (tertiary/aromatic N) is 1. The van der Waals surface area contributed by atoms with Crippen molar-refractivity contribution in [1.82, 2.24) is 4.98 Å². The first kappa shape index (κ1) is 8.85. The Morgan fingerprint density at radius 1 is 1.38 bits per heavy atom. The van der Waals surface area contributed by atoms with Gasteiger partial charge in [-0.3, -0.25) is 0 Å². The molecule has 0 aliphatic carbocycles. The van der Waals surface area contributed by atoms with E-state index in [0.717, 1.165) is 6.42 Å². The van der Waals surface area contributed by atoms with E-state index in [0.29, 0.717) is 27.0 Å². The minimum absolute atomic E-state index is 0.509. The van der Waals surface area contributed by atoms with Gasteiger partial charge in [-0.05, 0) is 12.1 Å². The number of fused-ring (bicyclic) bond motifs is 1. The molecule has 0 atom stereocenters. The van der Waals surface area contributed by atoms with E-state index in [4.69, 9.17) is 27.6 Å². The zero-order chi connectivity index (χ0) is 9.42. The molecule has 1 aromatic carbocycles. The van der Waals surface area contributed by atoms with Crippen molar-refractivity contribution in [1.29, 1.82) is 0 Å². The average molecular weight is 216 g/mol. The van der Waals surface area contributed by atoms with E-state index in [1.54, 1.807) is 12.1 Å². The fourth-order valence-corrected chi connectivity index (χ4v) is 1.68. The normalized spacial score (nSPS) is 11.0. The summed E-state index contributed by atoms with van der Waals surface area (Å²) in [5, 5.41) is 1.09. The topological polar surface area (TPSA) is 26.0 Å². The Morgan fingerprint density at radius 2 is 2.15 bits per heavy atom. The SMILES string of the molecule is CCc1nc2cc(Cl)cc(Cl)c2o1. The second kappa shape index (κ2) is 3.20. The lowest BCUT2D eigenvalue weighted by molar-refractivity contribution is 0.538. The molecule has 0 spiro atoms. The quantitative estimate of drug-likeness (QED) is 0.726. The summed E-state index contributed by atoms with van der Waals surface area (Å²) in [6.07, 6.45) is 0.753. The second-order valence-corrected chi connectivity index (χ2v) is 3.54. The molecule has 0 bridgehead atoms. The second-order valence-electron chi connectivity index (χ2n) is 2.70. The van der Waals surface area contributed by atoms with Gasteiger partial charge in [0.2, 0.25) is 0 Å². The number of benzene rings is 1. The molecule has 0 saturated heterocycles. The van der Waals surface area contributed by atoms with Gasteiger partial charge in [0.25, 0.3) is 0 Å². The molecule has 0 amide bonds. The summed E-state index contributed by atoms with van der Waals surface area (Å²) < 4.78 is 5.40. The van der Waals surface area contributed by atoms with Crippen molar-refractivity contribution in [3.63, 3.8) is 0 Å². The highest BCUT2D eigenvalue weighted by molar-refractivity contribution is 6.37. The molecule has 13 heavy (non-hydrogen) atoms. The molecule has 2 nitrogen and oxygen atoms in total. The van der Waals surface area contributed by atoms with Crippen LogP contribution in [-0.2, 0) is 6.42 Å². The molecule has 0 radical (unpaired) electrons. The zero-order valence-corrected chi connectivity index (χ0v) is 8.49. The maximum absolute atomic E-state index is 5.91. The predicted molar refractivity (Wildman–Crippen MR) is 53.4 cm³/mol. The van der Waals surface area contributed by atoms with Crippen molar-refractivity contribution in [3.05, 3.63) is 28.1 Å². The van der Waals surface area contributed by atoms with Crippen LogP contribution in [0.15, 0.2) is 16.5 Å². The Bertz CT molecular complexity index is 450. The smallest absolute Gasteiger partial charge is 0.195 e. The van der Waals surface area contributed by atoms with E-state index in [-0.39, 0.29) is 0 Å². The first-order valence-electron chi connectivity index (χ1n) is 3.95. The van der Waals surface area contributed by atoms with Crippen molar-refractivity contribution < 1.29 is 4.42 Å². The van der Waals surface area contributed by atoms with Crippen LogP contribution in [0.1, 0.15) is 12.8 Å². The lowest BCUT2D eigenvalue weighted by Gasteiger charge is -1.91. The highest BCUT2D eigenvalue weighted by Gasteiger charge is 2.08. The van der Waals surface area contributed by atoms with Crippen LogP contribution in [0.2, 0.25) is 10.0 Å². The molecule has 1 aromatic heterocycles. The summed E-state index contributed by atoms with van der Waals surface area (Å²) in [6, 6.07) is 3.39. The molecule has 0 unspecified atom stereocenters. The number of rotatable bonds is 1. The van der Waals surface area contributed by atoms with Crippen LogP contribution >= 0.6 is 23.2 Å². The van der Waals surface area contributed by atoms with E-state index in [2.05, 4.69) is 4.98 Å². The highest BCUT2D eigenvalue weighted by Crippen LogP contribution is 2.28. The van der Waals surface area contributed by atoms with Crippen molar-refractivity contribution in [3.8, 4) is 0 Å². The molecule has 0 aliphatic heterocycles. The Morgan fingerprint density at radius 3 is 2.85 bits per heavy atom. The molecule has 2 rings (SSSR count). The number of hydrogen-bond acceptors (Lipinski definition) is 2. The van der Waals surface area contributed by atoms with Crippen LogP contribution in [0, 0.1) is 0 Å². The van der Waals surface area contributed by atoms with Crippen molar-refractivity contribution in [2.45, 2.75) is 13.3 Å². The summed E-state index contributed by atoms with van der Waals surface area (Å²) in [5.74, 6) is 0.680. The summed E-state index contributed by atoms with van der Waals surface area (Å²) in [6.45, 7) is 1.97. The van der Waals surface area contributed by atoms with E-state index in [9.17, 15) is 0 Å². The van der Waals surface area contributed by atoms with E-state index in [1.165, 1.54) is 0 Å². The average Bonchev–Trinajstić information content (AvgIpc) is 2.47. The van der Waals surface area contributed by atoms with Gasteiger partial charge >= 0.3 is 0 Å². The summed E-state index contributed by atoms with van der Waals surface area (Å²) in [7, 11) is 0. The lowest BCUT2D eigenvalue weighted by Crippen LogP contribution is -1.75. The van der Waals surface area contributed by atoms with Crippen molar-refractivity contribution in [2.75, 3.05) is 0 Å². The Hall–Kier alpha value is -0.730. The third kappa shape index (κ3) is 1.52. The van der Waals surface area contributed by atoms with Crippen molar-refractivity contribution in [2.24, 2.45) is 0 Å². The van der Waals surface area contributed by atoms with Gasteiger partial charge in [-0.25, -0.2) is 4.98 Å². The first-order valence-corrected chi connectivity index (χ1v) is 4.70. The number of oxazole rings is 1. The van der Waals surface area contributed by atoms with Gasteiger partial charge in [-0.1, -0.05) is 30.1 Å². The molecule has 2 aromatic rings. The monoisotopic (exact) mass is 215 g/mol. The van der Waals surface area contributed by atoms with Gasteiger partial charge in [-0.15, -0.1) is 0 Å². The molecular weight excluding hydrogens is 209 g/mol. The van der Waals surface area contributed by atoms with Crippen LogP contribution in [0.3, 0.4) is 0 Å². The highest BCUT2D eigenvalue weighted by atomic mass is 35.5. The molecule has 0 N–H and O–H groups in total. The summed E-state index contributed by atoms with van der Waals surface area (Å²) >= 11 is 11.7. The Kier molecular flexibility index (Phi) is 2.18. The van der Waals surface area contributed by atoms with Gasteiger partial charge in [-0.2, -0.15) is 0 Å². The fourth-order valence-electron chi connectivity index (χ4n) is 1.16. The van der Waals surface area contributed by atoms with Crippen molar-refractivity contribution >= 4 is 34.3 Å². The van der Waals surface area contributed by atoms with Crippen LogP contribution in [0.25, 0.3) is 11.1 Å². The third-order valence-corrected chi connectivity index (χ3v) is 2.26. The lowest BCUT2D eigenvalue weighted by atomic mass is 10.3. The molecule has 4 heteroatoms. The molecule has 0 saturated carbocycles. The largest absolute Gasteiger partial charge is 0.439 e. The van der Waals surface area contributed by atoms with Crippen LogP contribution in [0.4, 0.5) is 0 Å². The van der Waals surface area contributed by atoms with E-state index >= 15 is 0 Å². The van der Waals surface area contributed by atoms with Gasteiger partial charge in [0.15, 0.2) is 11.5 Å². The molecular formula is C9H7Cl2NO. The Labute approximate surface area is 85.5 Å². The standard InChI is InChI=1S/C9H7Cl2NO/c1-2-8-12-7-4-5(10)3-6(11)9(7)13-8/h3-4H,2H2,1H3. The van der Waals surface area contributed by atoms with Gasteiger partial charge in [0.1, 0.15) is 5.52 Å². The minimum Gasteiger partial charge on any atom is -0.439 e. The molecule has 1 heterocycles. The fraction of sp³-hybridized carbons (Fsp3) is 0.222. The number of hydrogen-bond donors (Lipinski definition) is 0. The van der Waals surface area contributed by atoms with Crippen LogP contribution in [-0.4, -0.2) is 4.98 Å². The van der Waals surface area contributed by atoms with Crippen LogP contribution < -0.4 is 0 Å². The van der Waals surface area contributed by atoms with E-state index in [1.807, 2.05) is 6.92 Å². The zero-order valence-electron chi connectivity index (χ0n) is 6.97.